The molecule has 0 saturated carbocycles. The largest absolute Gasteiger partial charge is 0.465 e. The number of halogens is 1. The van der Waals surface area contributed by atoms with Gasteiger partial charge in [0.05, 0.1) is 12.2 Å². The van der Waals surface area contributed by atoms with Gasteiger partial charge >= 0.3 is 6.09 Å². The zero-order chi connectivity index (χ0) is 15.4. The average Bonchev–Trinajstić information content (AvgIpc) is 2.46. The summed E-state index contributed by atoms with van der Waals surface area (Å²) in [6, 6.07) is 0.583. The lowest BCUT2D eigenvalue weighted by Gasteiger charge is -2.42. The normalized spacial score (nSPS) is 23.9. The van der Waals surface area contributed by atoms with E-state index in [4.69, 9.17) is 0 Å². The second kappa shape index (κ2) is 6.85. The Morgan fingerprint density at radius 2 is 2.29 bits per heavy atom. The fourth-order valence-corrected chi connectivity index (χ4v) is 3.15. The highest BCUT2D eigenvalue weighted by atomic mass is 19.1. The molecule has 21 heavy (non-hydrogen) atoms. The molecule has 6 heteroatoms. The van der Waals surface area contributed by atoms with E-state index in [2.05, 4.69) is 4.98 Å². The van der Waals surface area contributed by atoms with Gasteiger partial charge in [-0.3, -0.25) is 9.88 Å². The van der Waals surface area contributed by atoms with E-state index in [9.17, 15) is 19.4 Å². The summed E-state index contributed by atoms with van der Waals surface area (Å²) in [5, 5.41) is 19.9. The molecule has 5 nitrogen and oxygen atoms in total. The number of rotatable bonds is 4. The first-order valence-corrected chi connectivity index (χ1v) is 7.34. The van der Waals surface area contributed by atoms with Gasteiger partial charge < -0.3 is 10.2 Å². The predicted molar refractivity (Wildman–Crippen MR) is 75.4 cm³/mol. The quantitative estimate of drug-likeness (QED) is 0.896. The van der Waals surface area contributed by atoms with Crippen LogP contribution in [0.2, 0.25) is 0 Å². The van der Waals surface area contributed by atoms with Crippen molar-refractivity contribution >= 4 is 6.09 Å². The Morgan fingerprint density at radius 3 is 2.90 bits per heavy atom. The smallest absolute Gasteiger partial charge is 0.407 e. The van der Waals surface area contributed by atoms with Crippen LogP contribution in [0.1, 0.15) is 50.7 Å². The van der Waals surface area contributed by atoms with Gasteiger partial charge in [-0.05, 0) is 31.7 Å². The van der Waals surface area contributed by atoms with E-state index < -0.39 is 24.1 Å². The van der Waals surface area contributed by atoms with Gasteiger partial charge in [-0.15, -0.1) is 0 Å². The first-order valence-electron chi connectivity index (χ1n) is 7.34. The lowest BCUT2D eigenvalue weighted by Crippen LogP contribution is -2.51. The van der Waals surface area contributed by atoms with E-state index in [0.717, 1.165) is 31.9 Å². The molecule has 1 aliphatic rings. The zero-order valence-corrected chi connectivity index (χ0v) is 12.1. The Balaban J connectivity index is 2.24. The molecule has 2 rings (SSSR count). The first-order chi connectivity index (χ1) is 10.0. The highest BCUT2D eigenvalue weighted by molar-refractivity contribution is 5.66. The zero-order valence-electron chi connectivity index (χ0n) is 12.1. The van der Waals surface area contributed by atoms with Crippen LogP contribution in [-0.2, 0) is 0 Å². The summed E-state index contributed by atoms with van der Waals surface area (Å²) in [4.78, 5) is 16.7. The van der Waals surface area contributed by atoms with Crippen LogP contribution < -0.4 is 0 Å². The van der Waals surface area contributed by atoms with Crippen LogP contribution in [-0.4, -0.2) is 38.3 Å². The van der Waals surface area contributed by atoms with E-state index in [1.807, 2.05) is 6.92 Å². The highest BCUT2D eigenvalue weighted by Gasteiger charge is 2.38. The number of nitrogens with zero attached hydrogens (tertiary/aromatic N) is 2. The van der Waals surface area contributed by atoms with Gasteiger partial charge in [0.15, 0.2) is 0 Å². The van der Waals surface area contributed by atoms with Crippen LogP contribution in [0, 0.1) is 5.82 Å². The number of carbonyl (C=O) groups is 1. The molecule has 1 fully saturated rings. The van der Waals surface area contributed by atoms with Crippen molar-refractivity contribution in [1.82, 2.24) is 9.88 Å². The number of aromatic nitrogens is 1. The number of aliphatic hydroxyl groups excluding tert-OH is 1. The molecule has 0 bridgehead atoms. The van der Waals surface area contributed by atoms with Crippen molar-refractivity contribution in [3.8, 4) is 0 Å². The van der Waals surface area contributed by atoms with Crippen molar-refractivity contribution in [2.24, 2.45) is 0 Å². The van der Waals surface area contributed by atoms with Crippen molar-refractivity contribution in [3.63, 3.8) is 0 Å². The van der Waals surface area contributed by atoms with E-state index in [1.165, 1.54) is 17.2 Å². The minimum Gasteiger partial charge on any atom is -0.465 e. The fourth-order valence-electron chi connectivity index (χ4n) is 3.15. The van der Waals surface area contributed by atoms with Gasteiger partial charge in [0.25, 0.3) is 0 Å². The molecule has 1 aromatic rings. The van der Waals surface area contributed by atoms with Crippen molar-refractivity contribution in [1.29, 1.82) is 0 Å². The molecule has 0 radical (unpaired) electrons. The fraction of sp³-hybridized carbons (Fsp3) is 0.600. The van der Waals surface area contributed by atoms with Gasteiger partial charge in [0, 0.05) is 17.8 Å². The second-order valence-corrected chi connectivity index (χ2v) is 5.51. The van der Waals surface area contributed by atoms with Gasteiger partial charge in [-0.25, -0.2) is 9.18 Å². The Hall–Kier alpha value is -1.69. The summed E-state index contributed by atoms with van der Waals surface area (Å²) in [7, 11) is 0. The number of amides is 1. The SMILES string of the molecule is CCC[C@H]1CCC[C@H](C(O)c2cncc(F)c2)N1C(=O)O. The van der Waals surface area contributed by atoms with Gasteiger partial charge in [0.2, 0.25) is 0 Å². The maximum atomic E-state index is 13.2. The second-order valence-electron chi connectivity index (χ2n) is 5.51. The summed E-state index contributed by atoms with van der Waals surface area (Å²) in [5.41, 5.74) is 0.323. The van der Waals surface area contributed by atoms with Crippen molar-refractivity contribution < 1.29 is 19.4 Å². The highest BCUT2D eigenvalue weighted by Crippen LogP contribution is 2.33. The van der Waals surface area contributed by atoms with Crippen LogP contribution >= 0.6 is 0 Å². The minimum atomic E-state index is -1.05. The third-order valence-electron chi connectivity index (χ3n) is 4.06. The van der Waals surface area contributed by atoms with Crippen LogP contribution in [0.15, 0.2) is 18.5 Å². The molecular weight excluding hydrogens is 275 g/mol. The van der Waals surface area contributed by atoms with Gasteiger partial charge in [-0.1, -0.05) is 13.3 Å². The van der Waals surface area contributed by atoms with Crippen LogP contribution in [0.3, 0.4) is 0 Å². The molecule has 116 valence electrons. The summed E-state index contributed by atoms with van der Waals surface area (Å²) in [6.07, 6.45) is 4.28. The van der Waals surface area contributed by atoms with E-state index in [0.29, 0.717) is 12.0 Å². The molecule has 0 spiro atoms. The molecule has 2 N–H and O–H groups in total. The Bertz CT molecular complexity index is 496. The standard InChI is InChI=1S/C15H21FN2O3/c1-2-4-12-5-3-6-13(18(12)15(20)21)14(19)10-7-11(16)9-17-8-10/h7-9,12-14,19H,2-6H2,1H3,(H,20,21)/t12-,13+,14?/m0/s1. The number of pyridine rings is 1. The topological polar surface area (TPSA) is 73.7 Å². The van der Waals surface area contributed by atoms with Crippen molar-refractivity contribution in [2.45, 2.75) is 57.2 Å². The summed E-state index contributed by atoms with van der Waals surface area (Å²) >= 11 is 0. The van der Waals surface area contributed by atoms with Crippen LogP contribution in [0.25, 0.3) is 0 Å². The summed E-state index contributed by atoms with van der Waals surface area (Å²) in [5.74, 6) is -0.533. The molecule has 1 saturated heterocycles. The molecule has 3 atom stereocenters. The van der Waals surface area contributed by atoms with Crippen LogP contribution in [0.4, 0.5) is 9.18 Å². The molecule has 1 aliphatic heterocycles. The number of hydrogen-bond acceptors (Lipinski definition) is 3. The van der Waals surface area contributed by atoms with Crippen molar-refractivity contribution in [3.05, 3.63) is 29.8 Å². The van der Waals surface area contributed by atoms with Gasteiger partial charge in [-0.2, -0.15) is 0 Å². The molecule has 1 unspecified atom stereocenters. The lowest BCUT2D eigenvalue weighted by molar-refractivity contribution is 0.0000831. The molecule has 1 amide bonds. The Kier molecular flexibility index (Phi) is 5.12. The number of hydrogen-bond donors (Lipinski definition) is 2. The maximum Gasteiger partial charge on any atom is 0.407 e. The molecule has 0 aromatic carbocycles. The number of carboxylic acid groups (broad SMARTS) is 1. The monoisotopic (exact) mass is 296 g/mol. The molecule has 1 aromatic heterocycles. The number of aliphatic hydroxyl groups is 1. The van der Waals surface area contributed by atoms with Crippen LogP contribution in [0.5, 0.6) is 0 Å². The summed E-state index contributed by atoms with van der Waals surface area (Å²) < 4.78 is 13.2. The van der Waals surface area contributed by atoms with E-state index >= 15 is 0 Å². The lowest BCUT2D eigenvalue weighted by atomic mass is 9.88. The minimum absolute atomic E-state index is 0.0811. The third kappa shape index (κ3) is 3.50. The maximum absolute atomic E-state index is 13.2. The number of piperidine rings is 1. The molecule has 2 heterocycles. The Morgan fingerprint density at radius 1 is 1.52 bits per heavy atom. The number of likely N-dealkylation sites (tertiary alicyclic amines) is 1. The van der Waals surface area contributed by atoms with E-state index in [1.54, 1.807) is 0 Å². The predicted octanol–water partition coefficient (Wildman–Crippen LogP) is 2.96. The summed E-state index contributed by atoms with van der Waals surface area (Å²) in [6.45, 7) is 2.01. The van der Waals surface area contributed by atoms with Gasteiger partial charge in [0.1, 0.15) is 11.9 Å². The average molecular weight is 296 g/mol. The molecular formula is C15H21FN2O3. The third-order valence-corrected chi connectivity index (χ3v) is 4.06. The molecule has 0 aliphatic carbocycles. The van der Waals surface area contributed by atoms with Crippen molar-refractivity contribution in [2.75, 3.05) is 0 Å². The van der Waals surface area contributed by atoms with E-state index in [-0.39, 0.29) is 6.04 Å². The Labute approximate surface area is 123 Å². The first kappa shape index (κ1) is 15.7.